The molecule has 30 heavy (non-hydrogen) atoms. The van der Waals surface area contributed by atoms with Crippen molar-refractivity contribution in [2.45, 2.75) is 33.6 Å². The third-order valence-corrected chi connectivity index (χ3v) is 5.45. The highest BCUT2D eigenvalue weighted by Gasteiger charge is 2.21. The Hall–Kier alpha value is -2.60. The SMILES string of the molecule is CC(=O)SCC(Cc1ccccc1)C(=O)Nc1cccc(C(=O)OCCC(C)C)c1. The topological polar surface area (TPSA) is 72.5 Å². The van der Waals surface area contributed by atoms with E-state index in [2.05, 4.69) is 19.2 Å². The summed E-state index contributed by atoms with van der Waals surface area (Å²) < 4.78 is 5.30. The second-order valence-electron chi connectivity index (χ2n) is 7.58. The number of esters is 1. The fourth-order valence-corrected chi connectivity index (χ4v) is 3.49. The predicted octanol–water partition coefficient (Wildman–Crippen LogP) is 4.97. The fourth-order valence-electron chi connectivity index (χ4n) is 2.78. The highest BCUT2D eigenvalue weighted by molar-refractivity contribution is 8.13. The molecule has 6 heteroatoms. The van der Waals surface area contributed by atoms with E-state index in [1.807, 2.05) is 30.3 Å². The third-order valence-electron chi connectivity index (χ3n) is 4.48. The highest BCUT2D eigenvalue weighted by Crippen LogP contribution is 2.19. The summed E-state index contributed by atoms with van der Waals surface area (Å²) in [6.07, 6.45) is 1.33. The maximum absolute atomic E-state index is 12.9. The zero-order chi connectivity index (χ0) is 21.9. The summed E-state index contributed by atoms with van der Waals surface area (Å²) in [6.45, 7) is 6.01. The molecule has 0 aliphatic carbocycles. The molecule has 0 radical (unpaired) electrons. The normalized spacial score (nSPS) is 11.7. The molecule has 0 saturated carbocycles. The van der Waals surface area contributed by atoms with Gasteiger partial charge in [0.05, 0.1) is 18.1 Å². The van der Waals surface area contributed by atoms with Gasteiger partial charge in [-0.2, -0.15) is 0 Å². The Morgan fingerprint density at radius 3 is 2.43 bits per heavy atom. The molecule has 0 spiro atoms. The largest absolute Gasteiger partial charge is 0.462 e. The summed E-state index contributed by atoms with van der Waals surface area (Å²) in [6, 6.07) is 16.4. The standard InChI is InChI=1S/C24H29NO4S/c1-17(2)12-13-29-24(28)20-10-7-11-22(15-20)25-23(27)21(16-30-18(3)26)14-19-8-5-4-6-9-19/h4-11,15,17,21H,12-14,16H2,1-3H3,(H,25,27). The number of hydrogen-bond donors (Lipinski definition) is 1. The predicted molar refractivity (Wildman–Crippen MR) is 122 cm³/mol. The van der Waals surface area contributed by atoms with Crippen LogP contribution in [0.3, 0.4) is 0 Å². The van der Waals surface area contributed by atoms with E-state index < -0.39 is 5.97 Å². The minimum absolute atomic E-state index is 0.0213. The summed E-state index contributed by atoms with van der Waals surface area (Å²) in [5.41, 5.74) is 1.96. The van der Waals surface area contributed by atoms with E-state index in [0.29, 0.717) is 35.9 Å². The van der Waals surface area contributed by atoms with Crippen molar-refractivity contribution in [2.24, 2.45) is 11.8 Å². The number of thioether (sulfide) groups is 1. The highest BCUT2D eigenvalue weighted by atomic mass is 32.2. The smallest absolute Gasteiger partial charge is 0.338 e. The van der Waals surface area contributed by atoms with Crippen molar-refractivity contribution in [3.8, 4) is 0 Å². The molecule has 1 N–H and O–H groups in total. The number of carbonyl (C=O) groups is 3. The molecule has 0 aliphatic heterocycles. The molecule has 2 rings (SSSR count). The van der Waals surface area contributed by atoms with Crippen molar-refractivity contribution in [1.82, 2.24) is 0 Å². The third kappa shape index (κ3) is 8.41. The lowest BCUT2D eigenvalue weighted by Crippen LogP contribution is -2.27. The number of benzene rings is 2. The van der Waals surface area contributed by atoms with Gasteiger partial charge >= 0.3 is 5.97 Å². The molecule has 1 unspecified atom stereocenters. The van der Waals surface area contributed by atoms with Gasteiger partial charge in [-0.3, -0.25) is 9.59 Å². The van der Waals surface area contributed by atoms with Crippen molar-refractivity contribution in [2.75, 3.05) is 17.7 Å². The van der Waals surface area contributed by atoms with Crippen LogP contribution in [0.4, 0.5) is 5.69 Å². The van der Waals surface area contributed by atoms with E-state index in [1.165, 1.54) is 6.92 Å². The molecule has 160 valence electrons. The molecular weight excluding hydrogens is 398 g/mol. The van der Waals surface area contributed by atoms with Crippen LogP contribution in [0.25, 0.3) is 0 Å². The van der Waals surface area contributed by atoms with Crippen LogP contribution >= 0.6 is 11.8 Å². The average Bonchev–Trinajstić information content (AvgIpc) is 2.71. The molecular formula is C24H29NO4S. The van der Waals surface area contributed by atoms with Crippen molar-refractivity contribution in [3.63, 3.8) is 0 Å². The summed E-state index contributed by atoms with van der Waals surface area (Å²) in [7, 11) is 0. The number of rotatable bonds is 10. The first kappa shape index (κ1) is 23.7. The summed E-state index contributed by atoms with van der Waals surface area (Å²) in [5.74, 6) is -0.106. The Morgan fingerprint density at radius 1 is 1.03 bits per heavy atom. The molecule has 0 saturated heterocycles. The van der Waals surface area contributed by atoms with Gasteiger partial charge in [0.1, 0.15) is 0 Å². The lowest BCUT2D eigenvalue weighted by atomic mass is 10.00. The first-order chi connectivity index (χ1) is 14.3. The van der Waals surface area contributed by atoms with Crippen molar-refractivity contribution >= 4 is 34.4 Å². The molecule has 0 heterocycles. The van der Waals surface area contributed by atoms with Crippen LogP contribution in [0.5, 0.6) is 0 Å². The Labute approximate surface area is 182 Å². The maximum Gasteiger partial charge on any atom is 0.338 e. The Morgan fingerprint density at radius 2 is 1.77 bits per heavy atom. The van der Waals surface area contributed by atoms with E-state index in [-0.39, 0.29) is 16.9 Å². The van der Waals surface area contributed by atoms with Crippen LogP contribution in [0.1, 0.15) is 43.1 Å². The van der Waals surface area contributed by atoms with E-state index in [0.717, 1.165) is 23.7 Å². The second kappa shape index (κ2) is 12.2. The van der Waals surface area contributed by atoms with Crippen LogP contribution in [-0.2, 0) is 20.7 Å². The molecule has 5 nitrogen and oxygen atoms in total. The fraction of sp³-hybridized carbons (Fsp3) is 0.375. The molecule has 0 bridgehead atoms. The Kier molecular flexibility index (Phi) is 9.61. The van der Waals surface area contributed by atoms with Gasteiger partial charge in [0, 0.05) is 18.4 Å². The van der Waals surface area contributed by atoms with E-state index in [4.69, 9.17) is 4.74 Å². The molecule has 1 amide bonds. The van der Waals surface area contributed by atoms with Gasteiger partial charge in [0.25, 0.3) is 0 Å². The van der Waals surface area contributed by atoms with Crippen LogP contribution in [-0.4, -0.2) is 29.4 Å². The number of anilines is 1. The Balaban J connectivity index is 2.04. The second-order valence-corrected chi connectivity index (χ2v) is 8.77. The maximum atomic E-state index is 12.9. The van der Waals surface area contributed by atoms with E-state index >= 15 is 0 Å². The van der Waals surface area contributed by atoms with Crippen LogP contribution in [0.15, 0.2) is 54.6 Å². The van der Waals surface area contributed by atoms with Crippen LogP contribution < -0.4 is 5.32 Å². The van der Waals surface area contributed by atoms with Gasteiger partial charge < -0.3 is 10.1 Å². The van der Waals surface area contributed by atoms with Gasteiger partial charge in [-0.25, -0.2) is 4.79 Å². The number of nitrogens with one attached hydrogen (secondary N) is 1. The zero-order valence-electron chi connectivity index (χ0n) is 17.7. The van der Waals surface area contributed by atoms with Crippen molar-refractivity contribution in [3.05, 3.63) is 65.7 Å². The first-order valence-corrected chi connectivity index (χ1v) is 11.1. The molecule has 2 aromatic carbocycles. The van der Waals surface area contributed by atoms with Gasteiger partial charge in [0.2, 0.25) is 5.91 Å². The number of carbonyl (C=O) groups excluding carboxylic acids is 3. The first-order valence-electron chi connectivity index (χ1n) is 10.1. The lowest BCUT2D eigenvalue weighted by Gasteiger charge is -2.16. The van der Waals surface area contributed by atoms with E-state index in [1.54, 1.807) is 24.3 Å². The summed E-state index contributed by atoms with van der Waals surface area (Å²) >= 11 is 1.14. The van der Waals surface area contributed by atoms with E-state index in [9.17, 15) is 14.4 Å². The van der Waals surface area contributed by atoms with Crippen LogP contribution in [0, 0.1) is 11.8 Å². The van der Waals surface area contributed by atoms with Crippen molar-refractivity contribution in [1.29, 1.82) is 0 Å². The minimum Gasteiger partial charge on any atom is -0.462 e. The molecule has 0 aliphatic rings. The average molecular weight is 428 g/mol. The monoisotopic (exact) mass is 427 g/mol. The lowest BCUT2D eigenvalue weighted by molar-refractivity contribution is -0.119. The van der Waals surface area contributed by atoms with Gasteiger partial charge in [-0.05, 0) is 42.5 Å². The molecule has 2 aromatic rings. The Bertz CT molecular complexity index is 851. The number of hydrogen-bond acceptors (Lipinski definition) is 5. The van der Waals surface area contributed by atoms with Crippen molar-refractivity contribution < 1.29 is 19.1 Å². The minimum atomic E-state index is -0.403. The van der Waals surface area contributed by atoms with Gasteiger partial charge in [-0.1, -0.05) is 62.0 Å². The number of amides is 1. The number of ether oxygens (including phenoxy) is 1. The van der Waals surface area contributed by atoms with Gasteiger partial charge in [-0.15, -0.1) is 0 Å². The van der Waals surface area contributed by atoms with Crippen LogP contribution in [0.2, 0.25) is 0 Å². The summed E-state index contributed by atoms with van der Waals surface area (Å²) in [4.78, 5) is 36.6. The quantitative estimate of drug-likeness (QED) is 0.542. The van der Waals surface area contributed by atoms with Gasteiger partial charge in [0.15, 0.2) is 5.12 Å². The molecule has 0 aromatic heterocycles. The zero-order valence-corrected chi connectivity index (χ0v) is 18.5. The summed E-state index contributed by atoms with van der Waals surface area (Å²) in [5, 5.41) is 2.86. The molecule has 0 fully saturated rings. The molecule has 1 atom stereocenters.